The molecule has 1 aliphatic rings. The van der Waals surface area contributed by atoms with Crippen LogP contribution in [0.5, 0.6) is 11.5 Å². The zero-order chi connectivity index (χ0) is 20.1. The molecule has 0 aliphatic carbocycles. The molecule has 2 amide bonds. The lowest BCUT2D eigenvalue weighted by molar-refractivity contribution is 0.0725. The molecule has 0 unspecified atom stereocenters. The van der Waals surface area contributed by atoms with E-state index >= 15 is 0 Å². The van der Waals surface area contributed by atoms with Gasteiger partial charge in [-0.15, -0.1) is 0 Å². The van der Waals surface area contributed by atoms with E-state index in [2.05, 4.69) is 5.32 Å². The van der Waals surface area contributed by atoms with E-state index < -0.39 is 5.91 Å². The Morgan fingerprint density at radius 1 is 0.964 bits per heavy atom. The van der Waals surface area contributed by atoms with Crippen molar-refractivity contribution in [1.82, 2.24) is 4.90 Å². The van der Waals surface area contributed by atoms with Gasteiger partial charge in [-0.05, 0) is 37.5 Å². The Hall–Kier alpha value is -2.73. The van der Waals surface area contributed by atoms with Crippen molar-refractivity contribution in [2.45, 2.75) is 19.3 Å². The number of hydrogen-bond donors (Lipinski definition) is 1. The first kappa shape index (κ1) is 20.0. The van der Waals surface area contributed by atoms with Gasteiger partial charge >= 0.3 is 0 Å². The van der Waals surface area contributed by atoms with Gasteiger partial charge in [0.1, 0.15) is 0 Å². The van der Waals surface area contributed by atoms with Crippen LogP contribution in [-0.4, -0.2) is 44.0 Å². The molecule has 0 saturated carbocycles. The van der Waals surface area contributed by atoms with Crippen LogP contribution in [0.4, 0.5) is 5.69 Å². The van der Waals surface area contributed by atoms with Crippen LogP contribution in [0, 0.1) is 0 Å². The van der Waals surface area contributed by atoms with E-state index in [0.717, 1.165) is 19.3 Å². The average molecular weight is 403 g/mol. The molecule has 0 atom stereocenters. The molecule has 1 aliphatic heterocycles. The van der Waals surface area contributed by atoms with Crippen LogP contribution >= 0.6 is 11.6 Å². The second kappa shape index (κ2) is 8.97. The first-order chi connectivity index (χ1) is 13.5. The molecule has 1 saturated heterocycles. The molecule has 0 bridgehead atoms. The first-order valence-corrected chi connectivity index (χ1v) is 9.54. The fourth-order valence-corrected chi connectivity index (χ4v) is 3.48. The summed E-state index contributed by atoms with van der Waals surface area (Å²) < 4.78 is 10.7. The third-order valence-electron chi connectivity index (χ3n) is 4.76. The zero-order valence-corrected chi connectivity index (χ0v) is 16.7. The number of likely N-dealkylation sites (tertiary alicyclic amines) is 1. The van der Waals surface area contributed by atoms with Gasteiger partial charge in [0.15, 0.2) is 11.5 Å². The molecule has 6 nitrogen and oxygen atoms in total. The van der Waals surface area contributed by atoms with Gasteiger partial charge in [0.25, 0.3) is 11.8 Å². The van der Waals surface area contributed by atoms with Crippen molar-refractivity contribution < 1.29 is 19.1 Å². The van der Waals surface area contributed by atoms with E-state index in [1.54, 1.807) is 41.3 Å². The van der Waals surface area contributed by atoms with Crippen molar-refractivity contribution in [2.75, 3.05) is 32.6 Å². The Kier molecular flexibility index (Phi) is 6.41. The van der Waals surface area contributed by atoms with E-state index in [9.17, 15) is 9.59 Å². The Bertz CT molecular complexity index is 879. The maximum atomic E-state index is 13.1. The van der Waals surface area contributed by atoms with Crippen LogP contribution in [0.2, 0.25) is 5.02 Å². The average Bonchev–Trinajstić information content (AvgIpc) is 2.73. The summed E-state index contributed by atoms with van der Waals surface area (Å²) in [6, 6.07) is 9.97. The zero-order valence-electron chi connectivity index (χ0n) is 16.0. The fraction of sp³-hybridized carbons (Fsp3) is 0.333. The SMILES string of the molecule is COc1cc(NC(=O)c2ccccc2Cl)c(C(=O)N2CCCCC2)cc1OC. The number of nitrogens with one attached hydrogen (secondary N) is 1. The topological polar surface area (TPSA) is 67.9 Å². The van der Waals surface area contributed by atoms with Gasteiger partial charge in [-0.3, -0.25) is 9.59 Å². The van der Waals surface area contributed by atoms with Crippen molar-refractivity contribution in [3.05, 3.63) is 52.5 Å². The highest BCUT2D eigenvalue weighted by Crippen LogP contribution is 2.35. The summed E-state index contributed by atoms with van der Waals surface area (Å²) in [4.78, 5) is 27.7. The van der Waals surface area contributed by atoms with E-state index in [-0.39, 0.29) is 5.91 Å². The molecule has 1 heterocycles. The number of carbonyl (C=O) groups is 2. The second-order valence-corrected chi connectivity index (χ2v) is 6.95. The molecule has 2 aromatic rings. The van der Waals surface area contributed by atoms with E-state index in [1.807, 2.05) is 0 Å². The Morgan fingerprint density at radius 3 is 2.25 bits per heavy atom. The highest BCUT2D eigenvalue weighted by atomic mass is 35.5. The summed E-state index contributed by atoms with van der Waals surface area (Å²) in [6.07, 6.45) is 3.06. The summed E-state index contributed by atoms with van der Waals surface area (Å²) in [5.74, 6) is 0.311. The maximum Gasteiger partial charge on any atom is 0.257 e. The van der Waals surface area contributed by atoms with Gasteiger partial charge in [0, 0.05) is 19.2 Å². The number of hydrogen-bond acceptors (Lipinski definition) is 4. The van der Waals surface area contributed by atoms with Gasteiger partial charge in [0.2, 0.25) is 0 Å². The molecule has 2 aromatic carbocycles. The van der Waals surface area contributed by atoms with Crippen LogP contribution in [0.3, 0.4) is 0 Å². The van der Waals surface area contributed by atoms with Crippen LogP contribution in [-0.2, 0) is 0 Å². The fourth-order valence-electron chi connectivity index (χ4n) is 3.26. The molecule has 148 valence electrons. The monoisotopic (exact) mass is 402 g/mol. The number of ether oxygens (including phenoxy) is 2. The predicted octanol–water partition coefficient (Wildman–Crippen LogP) is 4.24. The van der Waals surface area contributed by atoms with Gasteiger partial charge in [-0.2, -0.15) is 0 Å². The number of rotatable bonds is 5. The lowest BCUT2D eigenvalue weighted by atomic mass is 10.1. The minimum absolute atomic E-state index is 0.143. The number of piperidine rings is 1. The molecular weight excluding hydrogens is 380 g/mol. The lowest BCUT2D eigenvalue weighted by Crippen LogP contribution is -2.36. The largest absolute Gasteiger partial charge is 0.493 e. The minimum Gasteiger partial charge on any atom is -0.493 e. The molecule has 1 N–H and O–H groups in total. The Morgan fingerprint density at radius 2 is 1.61 bits per heavy atom. The van der Waals surface area contributed by atoms with Crippen LogP contribution in [0.15, 0.2) is 36.4 Å². The molecular formula is C21H23ClN2O4. The summed E-state index contributed by atoms with van der Waals surface area (Å²) in [6.45, 7) is 1.40. The molecule has 28 heavy (non-hydrogen) atoms. The Labute approximate surface area is 169 Å². The smallest absolute Gasteiger partial charge is 0.257 e. The maximum absolute atomic E-state index is 13.1. The highest BCUT2D eigenvalue weighted by molar-refractivity contribution is 6.34. The number of anilines is 1. The van der Waals surface area contributed by atoms with Crippen LogP contribution in [0.25, 0.3) is 0 Å². The molecule has 1 fully saturated rings. The molecule has 0 radical (unpaired) electrons. The van der Waals surface area contributed by atoms with Gasteiger partial charge in [0.05, 0.1) is 36.1 Å². The standard InChI is InChI=1S/C21H23ClN2O4/c1-27-18-12-15(21(26)24-10-6-3-7-11-24)17(13-19(18)28-2)23-20(25)14-8-4-5-9-16(14)22/h4-5,8-9,12-13H,3,6-7,10-11H2,1-2H3,(H,23,25). The van der Waals surface area contributed by atoms with Crippen molar-refractivity contribution in [2.24, 2.45) is 0 Å². The highest BCUT2D eigenvalue weighted by Gasteiger charge is 2.24. The van der Waals surface area contributed by atoms with Crippen molar-refractivity contribution >= 4 is 29.1 Å². The van der Waals surface area contributed by atoms with Crippen LogP contribution in [0.1, 0.15) is 40.0 Å². The minimum atomic E-state index is -0.398. The third kappa shape index (κ3) is 4.22. The predicted molar refractivity (Wildman–Crippen MR) is 109 cm³/mol. The number of methoxy groups -OCH3 is 2. The first-order valence-electron chi connectivity index (χ1n) is 9.16. The normalized spacial score (nSPS) is 13.8. The van der Waals surface area contributed by atoms with E-state index in [1.165, 1.54) is 14.2 Å². The molecule has 3 rings (SSSR count). The quantitative estimate of drug-likeness (QED) is 0.812. The summed E-state index contributed by atoms with van der Waals surface area (Å²) >= 11 is 6.13. The van der Waals surface area contributed by atoms with E-state index in [4.69, 9.17) is 21.1 Å². The number of benzene rings is 2. The number of carbonyl (C=O) groups excluding carboxylic acids is 2. The van der Waals surface area contributed by atoms with Gasteiger partial charge < -0.3 is 19.7 Å². The molecule has 7 heteroatoms. The Balaban J connectivity index is 1.99. The third-order valence-corrected chi connectivity index (χ3v) is 5.09. The van der Waals surface area contributed by atoms with Gasteiger partial charge in [-0.1, -0.05) is 23.7 Å². The molecule has 0 spiro atoms. The number of nitrogens with zero attached hydrogens (tertiary/aromatic N) is 1. The van der Waals surface area contributed by atoms with Gasteiger partial charge in [-0.25, -0.2) is 0 Å². The van der Waals surface area contributed by atoms with E-state index in [0.29, 0.717) is 46.4 Å². The van der Waals surface area contributed by atoms with Crippen LogP contribution < -0.4 is 14.8 Å². The summed E-state index contributed by atoms with van der Waals surface area (Å²) in [7, 11) is 3.01. The molecule has 0 aromatic heterocycles. The lowest BCUT2D eigenvalue weighted by Gasteiger charge is -2.28. The second-order valence-electron chi connectivity index (χ2n) is 6.54. The van der Waals surface area contributed by atoms with Crippen molar-refractivity contribution in [3.63, 3.8) is 0 Å². The number of halogens is 1. The summed E-state index contributed by atoms with van der Waals surface area (Å²) in [5, 5.41) is 3.14. The number of amides is 2. The van der Waals surface area contributed by atoms with Crippen molar-refractivity contribution in [1.29, 1.82) is 0 Å². The van der Waals surface area contributed by atoms with Crippen molar-refractivity contribution in [3.8, 4) is 11.5 Å². The summed E-state index contributed by atoms with van der Waals surface area (Å²) in [5.41, 5.74) is 1.05.